The maximum absolute atomic E-state index is 14.7. The van der Waals surface area contributed by atoms with Crippen molar-refractivity contribution in [3.63, 3.8) is 0 Å². The molecule has 4 heterocycles. The average molecular weight is 576 g/mol. The Hall–Kier alpha value is -3.96. The standard InChI is InChI=1S/C27H29F4N7O3/c28-21-5-4-19(41-16-18-2-1-7-38(18)22-15-34-35-25(39)24(22)27(29,30)31)12-20(21)26(40)37-10-8-36(9-11-37)23-6-3-17(13-32)14-33-23/h3-6,12,14,18,22,24,34H,1-2,7-11,15-16H2,(H,35,39)/t18-,22?,24?/m0/s1. The van der Waals surface area contributed by atoms with Crippen LogP contribution in [0.4, 0.5) is 23.4 Å². The molecule has 218 valence electrons. The van der Waals surface area contributed by atoms with Gasteiger partial charge in [0.25, 0.3) is 5.91 Å². The number of amides is 2. The van der Waals surface area contributed by atoms with Crippen molar-refractivity contribution in [3.8, 4) is 11.8 Å². The fraction of sp³-hybridized carbons (Fsp3) is 0.481. The molecule has 3 atom stereocenters. The van der Waals surface area contributed by atoms with Gasteiger partial charge in [-0.25, -0.2) is 14.8 Å². The first-order valence-electron chi connectivity index (χ1n) is 13.3. The van der Waals surface area contributed by atoms with E-state index in [1.54, 1.807) is 21.9 Å². The van der Waals surface area contributed by atoms with Crippen molar-refractivity contribution in [2.45, 2.75) is 31.1 Å². The highest BCUT2D eigenvalue weighted by Gasteiger charge is 2.54. The Balaban J connectivity index is 1.21. The lowest BCUT2D eigenvalue weighted by molar-refractivity contribution is -0.201. The second kappa shape index (κ2) is 11.9. The van der Waals surface area contributed by atoms with E-state index in [0.29, 0.717) is 56.9 Å². The van der Waals surface area contributed by atoms with E-state index >= 15 is 0 Å². The largest absolute Gasteiger partial charge is 0.492 e. The highest BCUT2D eigenvalue weighted by atomic mass is 19.4. The minimum absolute atomic E-state index is 0.0260. The highest BCUT2D eigenvalue weighted by Crippen LogP contribution is 2.35. The molecule has 0 radical (unpaired) electrons. The van der Waals surface area contributed by atoms with Crippen LogP contribution in [-0.2, 0) is 4.79 Å². The number of nitrogens with one attached hydrogen (secondary N) is 2. The number of piperazine rings is 1. The number of carbonyl (C=O) groups excluding carboxylic acids is 2. The third-order valence-electron chi connectivity index (χ3n) is 7.77. The third kappa shape index (κ3) is 6.20. The number of likely N-dealkylation sites (tertiary alicyclic amines) is 1. The number of halogens is 4. The molecule has 2 amide bonds. The Morgan fingerprint density at radius 2 is 1.93 bits per heavy atom. The van der Waals surface area contributed by atoms with Crippen molar-refractivity contribution in [3.05, 3.63) is 53.5 Å². The summed E-state index contributed by atoms with van der Waals surface area (Å²) >= 11 is 0. The van der Waals surface area contributed by atoms with Crippen LogP contribution in [0.15, 0.2) is 36.5 Å². The van der Waals surface area contributed by atoms with Gasteiger partial charge in [0.05, 0.1) is 11.1 Å². The molecule has 3 saturated heterocycles. The molecule has 1 aromatic carbocycles. The lowest BCUT2D eigenvalue weighted by Crippen LogP contribution is -2.65. The Morgan fingerprint density at radius 1 is 1.15 bits per heavy atom. The van der Waals surface area contributed by atoms with E-state index in [9.17, 15) is 27.2 Å². The average Bonchev–Trinajstić information content (AvgIpc) is 3.44. The molecule has 0 aliphatic carbocycles. The van der Waals surface area contributed by atoms with Gasteiger partial charge in [0.15, 0.2) is 5.92 Å². The molecular formula is C27H29F4N7O3. The van der Waals surface area contributed by atoms with Crippen LogP contribution in [0.1, 0.15) is 28.8 Å². The van der Waals surface area contributed by atoms with E-state index in [0.717, 1.165) is 6.07 Å². The second-order valence-electron chi connectivity index (χ2n) is 10.2. The number of hydrogen-bond donors (Lipinski definition) is 2. The van der Waals surface area contributed by atoms with Gasteiger partial charge in [-0.2, -0.15) is 18.4 Å². The fourth-order valence-electron chi connectivity index (χ4n) is 5.66. The molecule has 0 bridgehead atoms. The van der Waals surface area contributed by atoms with E-state index in [1.165, 1.54) is 18.3 Å². The first kappa shape index (κ1) is 28.6. The minimum atomic E-state index is -4.69. The number of ether oxygens (including phenoxy) is 1. The molecular weight excluding hydrogens is 546 g/mol. The van der Waals surface area contributed by atoms with Gasteiger partial charge >= 0.3 is 6.18 Å². The quantitative estimate of drug-likeness (QED) is 0.504. The number of anilines is 1. The Bertz CT molecular complexity index is 1310. The van der Waals surface area contributed by atoms with Crippen LogP contribution < -0.4 is 20.5 Å². The van der Waals surface area contributed by atoms with Crippen molar-refractivity contribution in [1.82, 2.24) is 25.6 Å². The molecule has 41 heavy (non-hydrogen) atoms. The Labute approximate surface area is 233 Å². The minimum Gasteiger partial charge on any atom is -0.492 e. The number of aromatic nitrogens is 1. The summed E-state index contributed by atoms with van der Waals surface area (Å²) in [5.41, 5.74) is 4.92. The lowest BCUT2D eigenvalue weighted by Gasteiger charge is -2.40. The monoisotopic (exact) mass is 575 g/mol. The van der Waals surface area contributed by atoms with Gasteiger partial charge < -0.3 is 14.5 Å². The van der Waals surface area contributed by atoms with Crippen LogP contribution in [-0.4, -0.2) is 90.7 Å². The Morgan fingerprint density at radius 3 is 2.61 bits per heavy atom. The normalized spacial score (nSPS) is 23.7. The second-order valence-corrected chi connectivity index (χ2v) is 10.2. The molecule has 1 aromatic heterocycles. The molecule has 14 heteroatoms. The van der Waals surface area contributed by atoms with E-state index in [2.05, 4.69) is 15.8 Å². The summed E-state index contributed by atoms with van der Waals surface area (Å²) in [6.07, 6.45) is -1.99. The summed E-state index contributed by atoms with van der Waals surface area (Å²) in [6, 6.07) is 7.81. The molecule has 3 fully saturated rings. The van der Waals surface area contributed by atoms with E-state index in [4.69, 9.17) is 10.00 Å². The zero-order valence-electron chi connectivity index (χ0n) is 22.0. The SMILES string of the molecule is N#Cc1ccc(N2CCN(C(=O)c3cc(OC[C@@H]4CCCN4C4CNNC(=O)C4C(F)(F)F)ccc3F)CC2)nc1. The number of rotatable bonds is 6. The van der Waals surface area contributed by atoms with Crippen LogP contribution in [0.5, 0.6) is 5.75 Å². The number of nitrogens with zero attached hydrogens (tertiary/aromatic N) is 5. The summed E-state index contributed by atoms with van der Waals surface area (Å²) in [6.45, 7) is 1.99. The van der Waals surface area contributed by atoms with Crippen LogP contribution in [0.25, 0.3) is 0 Å². The molecule has 5 rings (SSSR count). The summed E-state index contributed by atoms with van der Waals surface area (Å²) in [5, 5.41) is 8.94. The predicted molar refractivity (Wildman–Crippen MR) is 138 cm³/mol. The molecule has 3 aliphatic heterocycles. The van der Waals surface area contributed by atoms with Crippen molar-refractivity contribution in [2.24, 2.45) is 5.92 Å². The highest BCUT2D eigenvalue weighted by molar-refractivity contribution is 5.95. The number of hydrogen-bond acceptors (Lipinski definition) is 8. The van der Waals surface area contributed by atoms with Crippen molar-refractivity contribution >= 4 is 17.6 Å². The molecule has 10 nitrogen and oxygen atoms in total. The van der Waals surface area contributed by atoms with Gasteiger partial charge in [-0.1, -0.05) is 0 Å². The number of alkyl halides is 3. The van der Waals surface area contributed by atoms with Gasteiger partial charge in [-0.15, -0.1) is 0 Å². The third-order valence-corrected chi connectivity index (χ3v) is 7.77. The van der Waals surface area contributed by atoms with Crippen LogP contribution in [0.2, 0.25) is 0 Å². The smallest absolute Gasteiger partial charge is 0.402 e. The molecule has 2 N–H and O–H groups in total. The molecule has 0 saturated carbocycles. The zero-order chi connectivity index (χ0) is 29.1. The number of benzene rings is 1. The first-order chi connectivity index (χ1) is 19.7. The molecule has 3 aliphatic rings. The first-order valence-corrected chi connectivity index (χ1v) is 13.3. The molecule has 2 aromatic rings. The van der Waals surface area contributed by atoms with Crippen LogP contribution in [0.3, 0.4) is 0 Å². The van der Waals surface area contributed by atoms with Gasteiger partial charge in [-0.3, -0.25) is 19.9 Å². The van der Waals surface area contributed by atoms with Crippen molar-refractivity contribution in [2.75, 3.05) is 50.8 Å². The predicted octanol–water partition coefficient (Wildman–Crippen LogP) is 2.08. The summed E-state index contributed by atoms with van der Waals surface area (Å²) in [5.74, 6) is -3.55. The van der Waals surface area contributed by atoms with Crippen molar-refractivity contribution < 1.29 is 31.9 Å². The lowest BCUT2D eigenvalue weighted by atomic mass is 9.94. The molecule has 2 unspecified atom stereocenters. The maximum atomic E-state index is 14.7. The van der Waals surface area contributed by atoms with Gasteiger partial charge in [0.2, 0.25) is 5.91 Å². The number of carbonyl (C=O) groups is 2. The number of pyridine rings is 1. The summed E-state index contributed by atoms with van der Waals surface area (Å²) in [7, 11) is 0. The van der Waals surface area contributed by atoms with Gasteiger partial charge in [0.1, 0.15) is 30.1 Å². The zero-order valence-corrected chi connectivity index (χ0v) is 22.0. The van der Waals surface area contributed by atoms with Crippen LogP contribution >= 0.6 is 0 Å². The number of nitriles is 1. The topological polar surface area (TPSA) is 114 Å². The van der Waals surface area contributed by atoms with Gasteiger partial charge in [0, 0.05) is 51.0 Å². The summed E-state index contributed by atoms with van der Waals surface area (Å²) < 4.78 is 61.6. The maximum Gasteiger partial charge on any atom is 0.402 e. The number of hydrazine groups is 1. The summed E-state index contributed by atoms with van der Waals surface area (Å²) in [4.78, 5) is 34.7. The van der Waals surface area contributed by atoms with E-state index in [-0.39, 0.29) is 30.5 Å². The van der Waals surface area contributed by atoms with Crippen LogP contribution in [0, 0.1) is 23.1 Å². The van der Waals surface area contributed by atoms with Gasteiger partial charge in [-0.05, 0) is 49.7 Å². The van der Waals surface area contributed by atoms with Crippen molar-refractivity contribution in [1.29, 1.82) is 5.26 Å². The Kier molecular flexibility index (Phi) is 8.27. The fourth-order valence-corrected chi connectivity index (χ4v) is 5.66. The van der Waals surface area contributed by atoms with E-state index < -0.39 is 35.8 Å². The van der Waals surface area contributed by atoms with E-state index in [1.807, 2.05) is 11.0 Å². The molecule has 0 spiro atoms.